The van der Waals surface area contributed by atoms with Crippen molar-refractivity contribution in [3.05, 3.63) is 28.3 Å². The molecule has 1 unspecified atom stereocenters. The third-order valence-electron chi connectivity index (χ3n) is 3.34. The Labute approximate surface area is 105 Å². The molecular formula is C12H17N3O3. The maximum absolute atomic E-state index is 10.8. The molecule has 6 nitrogen and oxygen atoms in total. The topological polar surface area (TPSA) is 81.6 Å². The van der Waals surface area contributed by atoms with Crippen LogP contribution in [0.3, 0.4) is 0 Å². The van der Waals surface area contributed by atoms with Gasteiger partial charge in [-0.2, -0.15) is 0 Å². The van der Waals surface area contributed by atoms with Crippen molar-refractivity contribution < 1.29 is 9.66 Å². The van der Waals surface area contributed by atoms with Crippen LogP contribution in [-0.2, 0) is 0 Å². The third-order valence-corrected chi connectivity index (χ3v) is 3.34. The van der Waals surface area contributed by atoms with Gasteiger partial charge in [0.25, 0.3) is 0 Å². The quantitative estimate of drug-likeness (QED) is 0.646. The lowest BCUT2D eigenvalue weighted by atomic mass is 10.1. The molecule has 0 aliphatic carbocycles. The second-order valence-corrected chi connectivity index (χ2v) is 4.45. The number of anilines is 1. The fourth-order valence-electron chi connectivity index (χ4n) is 2.27. The summed E-state index contributed by atoms with van der Waals surface area (Å²) in [5, 5.41) is 10.8. The number of nitro groups is 1. The van der Waals surface area contributed by atoms with Crippen molar-refractivity contribution in [2.45, 2.75) is 6.42 Å². The van der Waals surface area contributed by atoms with Crippen LogP contribution in [-0.4, -0.2) is 31.7 Å². The molecule has 1 aliphatic heterocycles. The van der Waals surface area contributed by atoms with Crippen LogP contribution in [0.5, 0.6) is 5.75 Å². The van der Waals surface area contributed by atoms with Crippen LogP contribution in [0.2, 0.25) is 0 Å². The van der Waals surface area contributed by atoms with E-state index in [-0.39, 0.29) is 5.69 Å². The summed E-state index contributed by atoms with van der Waals surface area (Å²) in [5.41, 5.74) is 6.60. The van der Waals surface area contributed by atoms with Crippen molar-refractivity contribution in [3.63, 3.8) is 0 Å². The molecule has 0 saturated carbocycles. The van der Waals surface area contributed by atoms with Gasteiger partial charge in [-0.25, -0.2) is 0 Å². The predicted octanol–water partition coefficient (Wildman–Crippen LogP) is 1.39. The molecule has 1 aliphatic rings. The first-order chi connectivity index (χ1) is 8.65. The molecule has 1 atom stereocenters. The van der Waals surface area contributed by atoms with Gasteiger partial charge in [-0.05, 0) is 24.9 Å². The van der Waals surface area contributed by atoms with Crippen molar-refractivity contribution in [2.75, 3.05) is 31.6 Å². The molecule has 1 heterocycles. The normalized spacial score (nSPS) is 19.0. The largest absolute Gasteiger partial charge is 0.490 e. The van der Waals surface area contributed by atoms with Crippen LogP contribution in [0.25, 0.3) is 0 Å². The van der Waals surface area contributed by atoms with Crippen LogP contribution in [0.1, 0.15) is 6.42 Å². The highest BCUT2D eigenvalue weighted by molar-refractivity contribution is 5.59. The lowest BCUT2D eigenvalue weighted by Crippen LogP contribution is -2.22. The van der Waals surface area contributed by atoms with Gasteiger partial charge in [0.2, 0.25) is 0 Å². The zero-order valence-electron chi connectivity index (χ0n) is 10.3. The number of nitrogens with zero attached hydrogens (tertiary/aromatic N) is 2. The average Bonchev–Trinajstić information content (AvgIpc) is 2.86. The molecule has 18 heavy (non-hydrogen) atoms. The van der Waals surface area contributed by atoms with E-state index in [0.29, 0.717) is 18.2 Å². The number of hydrogen-bond acceptors (Lipinski definition) is 5. The van der Waals surface area contributed by atoms with Crippen molar-refractivity contribution >= 4 is 11.4 Å². The fraction of sp³-hybridized carbons (Fsp3) is 0.500. The smallest absolute Gasteiger partial charge is 0.311 e. The molecule has 1 saturated heterocycles. The van der Waals surface area contributed by atoms with E-state index in [4.69, 9.17) is 10.5 Å². The molecule has 0 spiro atoms. The second kappa shape index (κ2) is 5.22. The molecule has 98 valence electrons. The summed E-state index contributed by atoms with van der Waals surface area (Å²) in [6.07, 6.45) is 1.07. The number of ether oxygens (including phenoxy) is 1. The minimum Gasteiger partial charge on any atom is -0.490 e. The molecule has 0 bridgehead atoms. The van der Waals surface area contributed by atoms with Gasteiger partial charge < -0.3 is 15.4 Å². The van der Waals surface area contributed by atoms with Gasteiger partial charge in [-0.1, -0.05) is 0 Å². The molecule has 2 rings (SSSR count). The van der Waals surface area contributed by atoms with Crippen LogP contribution in [0, 0.1) is 16.0 Å². The monoisotopic (exact) mass is 251 g/mol. The molecule has 0 aromatic heterocycles. The number of nitrogens with two attached hydrogens (primary N) is 1. The Hall–Kier alpha value is -1.82. The number of methoxy groups -OCH3 is 1. The van der Waals surface area contributed by atoms with Gasteiger partial charge in [0.05, 0.1) is 12.0 Å². The molecule has 2 N–H and O–H groups in total. The first-order valence-electron chi connectivity index (χ1n) is 5.93. The summed E-state index contributed by atoms with van der Waals surface area (Å²) in [5.74, 6) is 0.805. The molecule has 0 radical (unpaired) electrons. The van der Waals surface area contributed by atoms with Crippen molar-refractivity contribution in [1.82, 2.24) is 0 Å². The Bertz CT molecular complexity index is 450. The van der Waals surface area contributed by atoms with Gasteiger partial charge >= 0.3 is 5.69 Å². The summed E-state index contributed by atoms with van der Waals surface area (Å²) in [6, 6.07) is 4.97. The first-order valence-corrected chi connectivity index (χ1v) is 5.93. The molecule has 1 fully saturated rings. The number of nitro benzene ring substituents is 1. The fourth-order valence-corrected chi connectivity index (χ4v) is 2.27. The Kier molecular flexibility index (Phi) is 3.66. The molecule has 1 aromatic carbocycles. The zero-order chi connectivity index (χ0) is 13.1. The summed E-state index contributed by atoms with van der Waals surface area (Å²) >= 11 is 0. The van der Waals surface area contributed by atoms with Crippen molar-refractivity contribution in [2.24, 2.45) is 11.7 Å². The Balaban J connectivity index is 2.22. The van der Waals surface area contributed by atoms with Gasteiger partial charge in [0, 0.05) is 30.9 Å². The zero-order valence-corrected chi connectivity index (χ0v) is 10.3. The summed E-state index contributed by atoms with van der Waals surface area (Å²) in [6.45, 7) is 2.51. The Morgan fingerprint density at radius 1 is 1.61 bits per heavy atom. The maximum Gasteiger partial charge on any atom is 0.311 e. The highest BCUT2D eigenvalue weighted by Gasteiger charge is 2.23. The minimum absolute atomic E-state index is 0.00387. The van der Waals surface area contributed by atoms with Crippen LogP contribution in [0.15, 0.2) is 18.2 Å². The second-order valence-electron chi connectivity index (χ2n) is 4.45. The Morgan fingerprint density at radius 3 is 2.94 bits per heavy atom. The van der Waals surface area contributed by atoms with Crippen LogP contribution in [0.4, 0.5) is 11.4 Å². The van der Waals surface area contributed by atoms with Gasteiger partial charge in [-0.15, -0.1) is 0 Å². The van der Waals surface area contributed by atoms with Gasteiger partial charge in [0.15, 0.2) is 5.75 Å². The summed E-state index contributed by atoms with van der Waals surface area (Å²) < 4.78 is 5.07. The Morgan fingerprint density at radius 2 is 2.39 bits per heavy atom. The van der Waals surface area contributed by atoms with Crippen molar-refractivity contribution in [3.8, 4) is 5.75 Å². The standard InChI is InChI=1S/C12H17N3O3/c1-18-12-6-10(2-3-11(12)15(16)17)14-5-4-9(7-13)8-14/h2-3,6,9H,4-5,7-8,13H2,1H3. The van der Waals surface area contributed by atoms with E-state index in [9.17, 15) is 10.1 Å². The first kappa shape index (κ1) is 12.6. The van der Waals surface area contributed by atoms with E-state index in [0.717, 1.165) is 25.2 Å². The molecular weight excluding hydrogens is 234 g/mol. The SMILES string of the molecule is COc1cc(N2CCC(CN)C2)ccc1[N+](=O)[O-]. The van der Waals surface area contributed by atoms with E-state index in [1.165, 1.54) is 13.2 Å². The van der Waals surface area contributed by atoms with E-state index >= 15 is 0 Å². The summed E-state index contributed by atoms with van der Waals surface area (Å²) in [4.78, 5) is 12.6. The van der Waals surface area contributed by atoms with E-state index in [2.05, 4.69) is 4.90 Å². The highest BCUT2D eigenvalue weighted by atomic mass is 16.6. The lowest BCUT2D eigenvalue weighted by Gasteiger charge is -2.19. The number of benzene rings is 1. The van der Waals surface area contributed by atoms with Gasteiger partial charge in [0.1, 0.15) is 0 Å². The molecule has 6 heteroatoms. The number of rotatable bonds is 4. The van der Waals surface area contributed by atoms with Crippen molar-refractivity contribution in [1.29, 1.82) is 0 Å². The molecule has 1 aromatic rings. The molecule has 0 amide bonds. The minimum atomic E-state index is -0.435. The maximum atomic E-state index is 10.8. The van der Waals surface area contributed by atoms with E-state index in [1.54, 1.807) is 12.1 Å². The lowest BCUT2D eigenvalue weighted by molar-refractivity contribution is -0.385. The highest BCUT2D eigenvalue weighted by Crippen LogP contribution is 2.33. The third kappa shape index (κ3) is 2.38. The van der Waals surface area contributed by atoms with E-state index in [1.807, 2.05) is 0 Å². The van der Waals surface area contributed by atoms with Crippen LogP contribution >= 0.6 is 0 Å². The predicted molar refractivity (Wildman–Crippen MR) is 69.0 cm³/mol. The van der Waals surface area contributed by atoms with Crippen LogP contribution < -0.4 is 15.4 Å². The van der Waals surface area contributed by atoms with Gasteiger partial charge in [-0.3, -0.25) is 10.1 Å². The van der Waals surface area contributed by atoms with E-state index < -0.39 is 4.92 Å². The number of hydrogen-bond donors (Lipinski definition) is 1. The summed E-state index contributed by atoms with van der Waals surface area (Å²) in [7, 11) is 1.44. The average molecular weight is 251 g/mol.